The van der Waals surface area contributed by atoms with Gasteiger partial charge < -0.3 is 9.72 Å². The van der Waals surface area contributed by atoms with Gasteiger partial charge in [0.05, 0.1) is 4.90 Å². The summed E-state index contributed by atoms with van der Waals surface area (Å²) in [6, 6.07) is 15.0. The molecule has 4 rings (SSSR count). The third-order valence-electron chi connectivity index (χ3n) is 5.43. The summed E-state index contributed by atoms with van der Waals surface area (Å²) in [6.45, 7) is 5.07. The molecule has 2 heterocycles. The molecule has 0 aliphatic carbocycles. The summed E-state index contributed by atoms with van der Waals surface area (Å²) in [4.78, 5) is 5.86. The second-order valence-electron chi connectivity index (χ2n) is 7.60. The van der Waals surface area contributed by atoms with Gasteiger partial charge in [0.2, 0.25) is 10.0 Å². The molecule has 1 fully saturated rings. The summed E-state index contributed by atoms with van der Waals surface area (Å²) >= 11 is 0. The maximum atomic E-state index is 12.6. The lowest BCUT2D eigenvalue weighted by Crippen LogP contribution is -2.45. The summed E-state index contributed by atoms with van der Waals surface area (Å²) in [5, 5.41) is 1.09. The number of hydrogen-bond acceptors (Lipinski definition) is 4. The van der Waals surface area contributed by atoms with Crippen LogP contribution in [0.15, 0.2) is 59.6 Å². The van der Waals surface area contributed by atoms with Crippen LogP contribution in [-0.2, 0) is 10.0 Å². The lowest BCUT2D eigenvalue weighted by atomic mass is 10.1. The Labute approximate surface area is 171 Å². The maximum absolute atomic E-state index is 12.6. The molecule has 3 aromatic rings. The molecule has 0 amide bonds. The van der Waals surface area contributed by atoms with Gasteiger partial charge in [-0.3, -0.25) is 4.90 Å². The van der Waals surface area contributed by atoms with E-state index in [1.54, 1.807) is 18.2 Å². The van der Waals surface area contributed by atoms with Gasteiger partial charge in [-0.15, -0.1) is 0 Å². The van der Waals surface area contributed by atoms with E-state index in [-0.39, 0.29) is 6.04 Å². The zero-order chi connectivity index (χ0) is 20.3. The molecule has 6 nitrogen and oxygen atoms in total. The second-order valence-corrected chi connectivity index (χ2v) is 9.31. The highest BCUT2D eigenvalue weighted by molar-refractivity contribution is 7.89. The van der Waals surface area contributed by atoms with E-state index in [0.717, 1.165) is 54.7 Å². The second kappa shape index (κ2) is 8.57. The molecule has 1 saturated heterocycles. The molecular weight excluding hydrogens is 386 g/mol. The Hall–Kier alpha value is -2.35. The minimum Gasteiger partial charge on any atom is -0.492 e. The Balaban J connectivity index is 1.25. The molecule has 2 N–H and O–H groups in total. The van der Waals surface area contributed by atoms with Crippen LogP contribution < -0.4 is 9.46 Å². The summed E-state index contributed by atoms with van der Waals surface area (Å²) < 4.78 is 34.1. The molecule has 0 spiro atoms. The fourth-order valence-corrected chi connectivity index (χ4v) is 5.22. The highest BCUT2D eigenvalue weighted by atomic mass is 32.2. The number of sulfonamides is 1. The molecule has 1 aliphatic rings. The number of aromatic nitrogens is 1. The van der Waals surface area contributed by atoms with Crippen LogP contribution in [0.1, 0.15) is 18.4 Å². The predicted molar refractivity (Wildman–Crippen MR) is 115 cm³/mol. The number of aromatic amines is 1. The Kier molecular flexibility index (Phi) is 5.89. The van der Waals surface area contributed by atoms with Crippen LogP contribution in [0.5, 0.6) is 5.75 Å². The van der Waals surface area contributed by atoms with Crippen molar-refractivity contribution in [2.75, 3.05) is 26.2 Å². The van der Waals surface area contributed by atoms with Crippen molar-refractivity contribution < 1.29 is 13.2 Å². The molecule has 0 atom stereocenters. The van der Waals surface area contributed by atoms with Crippen molar-refractivity contribution >= 4 is 20.9 Å². The number of rotatable bonds is 7. The van der Waals surface area contributed by atoms with Crippen LogP contribution >= 0.6 is 0 Å². The van der Waals surface area contributed by atoms with Crippen molar-refractivity contribution in [3.63, 3.8) is 0 Å². The van der Waals surface area contributed by atoms with E-state index in [2.05, 4.69) is 14.6 Å². The lowest BCUT2D eigenvalue weighted by molar-refractivity contribution is 0.171. The summed E-state index contributed by atoms with van der Waals surface area (Å²) in [7, 11) is -3.46. The standard InChI is InChI=1S/C22H27N3O3S/c1-17-4-2-5-19(16-17)29(26,27)24-18-9-12-25(13-10-18)14-15-28-22-7-3-6-21-20(22)8-11-23-21/h2-8,11,16,18,23-24H,9-10,12-15H2,1H3. The number of nitrogens with one attached hydrogen (secondary N) is 2. The summed E-state index contributed by atoms with van der Waals surface area (Å²) in [5.41, 5.74) is 2.02. The van der Waals surface area contributed by atoms with Crippen molar-refractivity contribution in [3.8, 4) is 5.75 Å². The van der Waals surface area contributed by atoms with Gasteiger partial charge in [-0.1, -0.05) is 18.2 Å². The number of fused-ring (bicyclic) bond motifs is 1. The van der Waals surface area contributed by atoms with E-state index < -0.39 is 10.0 Å². The SMILES string of the molecule is Cc1cccc(S(=O)(=O)NC2CCN(CCOc3cccc4[nH]ccc34)CC2)c1. The van der Waals surface area contributed by atoms with Gasteiger partial charge in [-0.25, -0.2) is 13.1 Å². The van der Waals surface area contributed by atoms with Crippen LogP contribution in [0.4, 0.5) is 0 Å². The van der Waals surface area contributed by atoms with Gasteiger partial charge in [0.1, 0.15) is 12.4 Å². The Bertz CT molecular complexity index is 1070. The Morgan fingerprint density at radius 1 is 1.14 bits per heavy atom. The Morgan fingerprint density at radius 2 is 1.93 bits per heavy atom. The fourth-order valence-electron chi connectivity index (χ4n) is 3.81. The van der Waals surface area contributed by atoms with Crippen molar-refractivity contribution in [2.24, 2.45) is 0 Å². The molecule has 0 bridgehead atoms. The average molecular weight is 414 g/mol. The van der Waals surface area contributed by atoms with Crippen molar-refractivity contribution in [3.05, 3.63) is 60.3 Å². The Morgan fingerprint density at radius 3 is 2.72 bits per heavy atom. The molecular formula is C22H27N3O3S. The van der Waals surface area contributed by atoms with E-state index in [0.29, 0.717) is 11.5 Å². The monoisotopic (exact) mass is 413 g/mol. The molecule has 2 aromatic carbocycles. The number of likely N-dealkylation sites (tertiary alicyclic amines) is 1. The minimum atomic E-state index is -3.46. The topological polar surface area (TPSA) is 74.4 Å². The zero-order valence-electron chi connectivity index (χ0n) is 16.6. The first kappa shape index (κ1) is 19.9. The molecule has 1 aromatic heterocycles. The highest BCUT2D eigenvalue weighted by Gasteiger charge is 2.24. The van der Waals surface area contributed by atoms with Crippen molar-refractivity contribution in [2.45, 2.75) is 30.7 Å². The molecule has 154 valence electrons. The molecule has 0 saturated carbocycles. The van der Waals surface area contributed by atoms with Crippen LogP contribution in [0.25, 0.3) is 10.9 Å². The molecule has 29 heavy (non-hydrogen) atoms. The third kappa shape index (κ3) is 4.80. The number of nitrogens with zero attached hydrogens (tertiary/aromatic N) is 1. The number of ether oxygens (including phenoxy) is 1. The number of piperidine rings is 1. The van der Waals surface area contributed by atoms with E-state index in [1.165, 1.54) is 0 Å². The van der Waals surface area contributed by atoms with E-state index >= 15 is 0 Å². The first-order valence-corrected chi connectivity index (χ1v) is 11.5. The van der Waals surface area contributed by atoms with Gasteiger partial charge in [0.15, 0.2) is 0 Å². The van der Waals surface area contributed by atoms with Gasteiger partial charge in [-0.05, 0) is 68.8 Å². The van der Waals surface area contributed by atoms with Crippen molar-refractivity contribution in [1.82, 2.24) is 14.6 Å². The molecule has 7 heteroatoms. The quantitative estimate of drug-likeness (QED) is 0.623. The number of benzene rings is 2. The summed E-state index contributed by atoms with van der Waals surface area (Å²) in [5.74, 6) is 0.893. The number of hydrogen-bond donors (Lipinski definition) is 2. The fraction of sp³-hybridized carbons (Fsp3) is 0.364. The van der Waals surface area contributed by atoms with Gasteiger partial charge in [0, 0.05) is 29.7 Å². The van der Waals surface area contributed by atoms with E-state index in [9.17, 15) is 8.42 Å². The third-order valence-corrected chi connectivity index (χ3v) is 6.95. The normalized spacial score (nSPS) is 16.3. The smallest absolute Gasteiger partial charge is 0.240 e. The molecule has 0 unspecified atom stereocenters. The zero-order valence-corrected chi connectivity index (χ0v) is 17.4. The van der Waals surface area contributed by atoms with Crippen molar-refractivity contribution in [1.29, 1.82) is 0 Å². The largest absolute Gasteiger partial charge is 0.492 e. The van der Waals surface area contributed by atoms with Crippen LogP contribution in [0.3, 0.4) is 0 Å². The number of H-pyrrole nitrogens is 1. The average Bonchev–Trinajstić information content (AvgIpc) is 3.19. The lowest BCUT2D eigenvalue weighted by Gasteiger charge is -2.32. The molecule has 0 radical (unpaired) electrons. The van der Waals surface area contributed by atoms with E-state index in [1.807, 2.05) is 43.5 Å². The van der Waals surface area contributed by atoms with E-state index in [4.69, 9.17) is 4.74 Å². The highest BCUT2D eigenvalue weighted by Crippen LogP contribution is 2.24. The van der Waals surface area contributed by atoms with Crippen LogP contribution in [-0.4, -0.2) is 50.6 Å². The van der Waals surface area contributed by atoms with Gasteiger partial charge >= 0.3 is 0 Å². The summed E-state index contributed by atoms with van der Waals surface area (Å²) in [6.07, 6.45) is 3.52. The number of aryl methyl sites for hydroxylation is 1. The van der Waals surface area contributed by atoms with Crippen LogP contribution in [0, 0.1) is 6.92 Å². The van der Waals surface area contributed by atoms with Gasteiger partial charge in [0.25, 0.3) is 0 Å². The first-order chi connectivity index (χ1) is 14.0. The predicted octanol–water partition coefficient (Wildman–Crippen LogP) is 3.30. The minimum absolute atomic E-state index is 0.0220. The maximum Gasteiger partial charge on any atom is 0.240 e. The first-order valence-electron chi connectivity index (χ1n) is 10.0. The van der Waals surface area contributed by atoms with Crippen LogP contribution in [0.2, 0.25) is 0 Å². The molecule has 1 aliphatic heterocycles. The van der Waals surface area contributed by atoms with Gasteiger partial charge in [-0.2, -0.15) is 0 Å².